The van der Waals surface area contributed by atoms with Gasteiger partial charge in [0.1, 0.15) is 0 Å². The van der Waals surface area contributed by atoms with Gasteiger partial charge in [-0.2, -0.15) is 0 Å². The Morgan fingerprint density at radius 3 is 0.306 bits per heavy atom. The van der Waals surface area contributed by atoms with E-state index in [1.54, 1.807) is 39.2 Å². The van der Waals surface area contributed by atoms with E-state index in [4.69, 9.17) is 0 Å². The molecule has 4 amide bonds. The Morgan fingerprint density at radius 1 is 0.157 bits per heavy atom. The maximum atomic E-state index is 14.9. The van der Waals surface area contributed by atoms with Gasteiger partial charge in [-0.05, 0) is 0 Å². The average Bonchev–Trinajstić information content (AvgIpc) is 0.841. The number of carbonyl (C=O) groups is 16. The summed E-state index contributed by atoms with van der Waals surface area (Å²) >= 11 is 0. The standard InChI is InChI=1S/C69H120N20O28.4Gd/c90-53(33-74-1-9-78(37-57(94)95)17-25-86(45-65(110)111)26-18-79(10-2-74)38-58(96)97)70-49-69(50-71-54(91)34-75-3-11-80(39-59(98)99)19-27-87(46-66(112)113)28-20-81(12-4-75)40-60(100)101,51-72-55(92)35-76-5-13-82(41-61(102)103)21-29-88(47-67(114)115)30-22-83(14-6-76)42-62(104)105)52-73-56(93)36-77-7-15-84(43-63(106)107)23-31-89(48-68(116)117)32-24-85(16-8-77)44-64(108)109;;;;/h1-52H2,(H,70,90)(H,71,91)(H,72,92)(H,73,93)(H,94,95)(H,96,97)(H,98,99)(H,100,101)(H,102,103)(H,104,105)(H,106,107)(H,108,109)(H,110,111)(H,112,113)(H,114,115)(H,116,117);;;;/q;4*+3. The Bertz CT molecular complexity index is 2750. The molecule has 0 aromatic rings. The van der Waals surface area contributed by atoms with Gasteiger partial charge in [0.2, 0.25) is 23.6 Å². The van der Waals surface area contributed by atoms with Gasteiger partial charge in [-0.15, -0.1) is 0 Å². The quantitative estimate of drug-likeness (QED) is 0.0271. The molecule has 684 valence electrons. The second-order valence-corrected chi connectivity index (χ2v) is 29.8. The molecule has 16 N–H and O–H groups in total. The minimum Gasteiger partial charge on any atom is -0.480 e. The molecule has 4 rings (SSSR count). The predicted molar refractivity (Wildman–Crippen MR) is 409 cm³/mol. The van der Waals surface area contributed by atoms with Crippen LogP contribution in [0.3, 0.4) is 0 Å². The zero-order valence-corrected chi connectivity index (χ0v) is 76.8. The van der Waals surface area contributed by atoms with Crippen LogP contribution in [0.5, 0.6) is 0 Å². The van der Waals surface area contributed by atoms with Crippen LogP contribution in [0.1, 0.15) is 0 Å². The SMILES string of the molecule is O=C(O)CN1CCN(CC(=O)O)CCN(CC(=O)NCC(CNC(=O)CN2CCN(CC(=O)O)CCN(CC(=O)O)CCN(CC(=O)O)CC2)(CNC(=O)CN2CCN(CC(=O)O)CCN(CC(=O)O)CCN(CC(=O)O)CC2)CNC(=O)CN2CCN(CC(=O)O)CCN(CC(=O)O)CCN(CC(=O)O)CC2)CCN(CC(=O)O)CC1.[Gd+3].[Gd+3].[Gd+3].[Gd+3]. The Morgan fingerprint density at radius 2 is 0.231 bits per heavy atom. The number of carbonyl (C=O) groups excluding carboxylic acids is 4. The van der Waals surface area contributed by atoms with Gasteiger partial charge in [-0.25, -0.2) is 0 Å². The van der Waals surface area contributed by atoms with Crippen molar-refractivity contribution in [1.29, 1.82) is 0 Å². The second-order valence-electron chi connectivity index (χ2n) is 29.8. The molecule has 52 heteroatoms. The first-order chi connectivity index (χ1) is 55.3. The molecule has 0 aromatic heterocycles. The number of nitrogens with one attached hydrogen (secondary N) is 4. The summed E-state index contributed by atoms with van der Waals surface area (Å²) in [5.41, 5.74) is -1.74. The van der Waals surface area contributed by atoms with Crippen LogP contribution in [0.15, 0.2) is 0 Å². The first-order valence-corrected chi connectivity index (χ1v) is 38.6. The Balaban J connectivity index is 0.0000360. The van der Waals surface area contributed by atoms with Gasteiger partial charge in [0.25, 0.3) is 0 Å². The van der Waals surface area contributed by atoms with Gasteiger partial charge in [-0.1, -0.05) is 0 Å². The minimum atomic E-state index is -1.74. The van der Waals surface area contributed by atoms with E-state index >= 15 is 0 Å². The summed E-state index contributed by atoms with van der Waals surface area (Å²) in [5, 5.41) is 130. The first-order valence-electron chi connectivity index (χ1n) is 38.6. The fourth-order valence-corrected chi connectivity index (χ4v) is 13.7. The third-order valence-electron chi connectivity index (χ3n) is 20.1. The molecule has 4 aliphatic heterocycles. The van der Waals surface area contributed by atoms with Crippen molar-refractivity contribution in [1.82, 2.24) is 99.7 Å². The number of aliphatic carboxylic acids is 12. The molecule has 4 fully saturated rings. The van der Waals surface area contributed by atoms with Crippen LogP contribution in [0.25, 0.3) is 0 Å². The number of nitrogens with zero attached hydrogens (tertiary/aromatic N) is 16. The molecule has 4 heterocycles. The van der Waals surface area contributed by atoms with E-state index in [0.717, 1.165) is 0 Å². The monoisotopic (exact) mass is 2310 g/mol. The van der Waals surface area contributed by atoms with Crippen molar-refractivity contribution in [3.63, 3.8) is 0 Å². The predicted octanol–water partition coefficient (Wildman–Crippen LogP) is -11.7. The van der Waals surface area contributed by atoms with Gasteiger partial charge >= 0.3 is 231 Å². The van der Waals surface area contributed by atoms with Crippen molar-refractivity contribution >= 4 is 95.3 Å². The van der Waals surface area contributed by atoms with E-state index in [9.17, 15) is 138 Å². The molecular weight excluding hydrogens is 2190 g/mol. The molecule has 121 heavy (non-hydrogen) atoms. The van der Waals surface area contributed by atoms with Crippen LogP contribution < -0.4 is 21.3 Å². The molecule has 0 bridgehead atoms. The Labute approximate surface area is 829 Å². The number of hydrogen-bond donors (Lipinski definition) is 16. The van der Waals surface area contributed by atoms with Crippen LogP contribution in [0.4, 0.5) is 0 Å². The smallest absolute Gasteiger partial charge is 0.480 e. The molecule has 4 aliphatic rings. The molecule has 48 nitrogen and oxygen atoms in total. The van der Waals surface area contributed by atoms with E-state index in [-0.39, 0.29) is 369 Å². The van der Waals surface area contributed by atoms with Crippen LogP contribution in [0.2, 0.25) is 0 Å². The summed E-state index contributed by atoms with van der Waals surface area (Å²) in [6, 6.07) is 0. The number of carboxylic acid groups (broad SMARTS) is 12. The zero-order valence-electron chi connectivity index (χ0n) is 67.7. The van der Waals surface area contributed by atoms with Crippen LogP contribution in [0, 0.1) is 165 Å². The first kappa shape index (κ1) is 117. The molecule has 0 saturated carbocycles. The molecule has 0 spiro atoms. The maximum absolute atomic E-state index is 14.9. The van der Waals surface area contributed by atoms with Crippen molar-refractivity contribution in [2.24, 2.45) is 5.41 Å². The second kappa shape index (κ2) is 64.8. The Hall–Kier alpha value is -3.82. The third-order valence-corrected chi connectivity index (χ3v) is 20.1. The zero-order chi connectivity index (χ0) is 86.6. The molecule has 0 unspecified atom stereocenters. The van der Waals surface area contributed by atoms with Crippen molar-refractivity contribution < 1.29 is 298 Å². The number of amides is 4. The molecular formula is C69H120Gd4N20O28+12. The largest absolute Gasteiger partial charge is 3.00 e. The van der Waals surface area contributed by atoms with Gasteiger partial charge in [0.05, 0.1) is 105 Å². The molecule has 4 radical (unpaired) electrons. The normalized spacial score (nSPS) is 19.0. The average molecular weight is 2310 g/mol. The fourth-order valence-electron chi connectivity index (χ4n) is 13.7. The van der Waals surface area contributed by atoms with E-state index in [0.29, 0.717) is 0 Å². The van der Waals surface area contributed by atoms with Crippen molar-refractivity contribution in [2.75, 3.05) is 340 Å². The summed E-state index contributed by atoms with van der Waals surface area (Å²) in [6.45, 7) is -8.88. The molecule has 4 saturated heterocycles. The fraction of sp³-hybridized carbons (Fsp3) is 0.768. The van der Waals surface area contributed by atoms with E-state index in [2.05, 4.69) is 21.3 Å². The van der Waals surface area contributed by atoms with Crippen molar-refractivity contribution in [2.45, 2.75) is 0 Å². The van der Waals surface area contributed by atoms with E-state index in [1.807, 2.05) is 0 Å². The summed E-state index contributed by atoms with van der Waals surface area (Å²) < 4.78 is 0. The Kier molecular flexibility index (Phi) is 62.8. The maximum Gasteiger partial charge on any atom is 3.00 e. The molecule has 0 atom stereocenters. The van der Waals surface area contributed by atoms with E-state index in [1.165, 1.54) is 39.2 Å². The van der Waals surface area contributed by atoms with Crippen LogP contribution in [-0.4, -0.2) is 575 Å². The van der Waals surface area contributed by atoms with Crippen LogP contribution >= 0.6 is 0 Å². The minimum absolute atomic E-state index is 0. The van der Waals surface area contributed by atoms with E-state index < -0.39 is 232 Å². The van der Waals surface area contributed by atoms with Crippen molar-refractivity contribution in [3.05, 3.63) is 0 Å². The number of rotatable bonds is 40. The molecule has 0 aliphatic carbocycles. The third kappa shape index (κ3) is 56.2. The van der Waals surface area contributed by atoms with Crippen LogP contribution in [-0.2, 0) is 76.7 Å². The summed E-state index contributed by atoms with van der Waals surface area (Å²) in [7, 11) is 0. The van der Waals surface area contributed by atoms with Gasteiger partial charge in [0.15, 0.2) is 0 Å². The number of hydrogen-bond acceptors (Lipinski definition) is 32. The topological polar surface area (TPSA) is 616 Å². The number of carboxylic acids is 12. The van der Waals surface area contributed by atoms with Gasteiger partial charge in [0, 0.05) is 241 Å². The van der Waals surface area contributed by atoms with Crippen molar-refractivity contribution in [3.8, 4) is 0 Å². The summed E-state index contributed by atoms with van der Waals surface area (Å²) in [6.07, 6.45) is 0. The summed E-state index contributed by atoms with van der Waals surface area (Å²) in [5.74, 6) is -17.3. The summed E-state index contributed by atoms with van der Waals surface area (Å²) in [4.78, 5) is 230. The van der Waals surface area contributed by atoms with Gasteiger partial charge < -0.3 is 82.5 Å². The molecule has 0 aromatic carbocycles. The van der Waals surface area contributed by atoms with Gasteiger partial charge in [-0.3, -0.25) is 155 Å².